The molecule has 2 heterocycles. The third-order valence-electron chi connectivity index (χ3n) is 3.03. The summed E-state index contributed by atoms with van der Waals surface area (Å²) in [6, 6.07) is 9.16. The van der Waals surface area contributed by atoms with Gasteiger partial charge in [-0.05, 0) is 23.1 Å². The van der Waals surface area contributed by atoms with Crippen LogP contribution in [0.25, 0.3) is 21.9 Å². The van der Waals surface area contributed by atoms with Crippen LogP contribution in [0.2, 0.25) is 0 Å². The Kier molecular flexibility index (Phi) is 2.68. The summed E-state index contributed by atoms with van der Waals surface area (Å²) in [5.41, 5.74) is 1.68. The highest BCUT2D eigenvalue weighted by molar-refractivity contribution is 6.02. The maximum atomic E-state index is 11.3. The van der Waals surface area contributed by atoms with Crippen molar-refractivity contribution in [1.82, 2.24) is 9.97 Å². The van der Waals surface area contributed by atoms with Gasteiger partial charge in [-0.3, -0.25) is 9.97 Å². The summed E-state index contributed by atoms with van der Waals surface area (Å²) in [6.45, 7) is 0. The summed E-state index contributed by atoms with van der Waals surface area (Å²) < 4.78 is 0. The van der Waals surface area contributed by atoms with E-state index in [0.29, 0.717) is 5.56 Å². The summed E-state index contributed by atoms with van der Waals surface area (Å²) >= 11 is 0. The highest BCUT2D eigenvalue weighted by atomic mass is 16.4. The number of hydrogen-bond donors (Lipinski definition) is 1. The van der Waals surface area contributed by atoms with Crippen LogP contribution >= 0.6 is 0 Å². The smallest absolute Gasteiger partial charge is 0.336 e. The van der Waals surface area contributed by atoms with Crippen molar-refractivity contribution in [1.29, 1.82) is 0 Å². The number of hydrogen-bond acceptors (Lipinski definition) is 3. The molecule has 0 aliphatic heterocycles. The molecule has 2 aromatic heterocycles. The highest BCUT2D eigenvalue weighted by Gasteiger charge is 2.13. The van der Waals surface area contributed by atoms with E-state index in [9.17, 15) is 9.90 Å². The van der Waals surface area contributed by atoms with E-state index >= 15 is 0 Å². The number of pyridine rings is 2. The zero-order valence-corrected chi connectivity index (χ0v) is 9.95. The van der Waals surface area contributed by atoms with Crippen molar-refractivity contribution in [2.75, 3.05) is 0 Å². The second-order valence-corrected chi connectivity index (χ2v) is 4.13. The molecule has 3 rings (SSSR count). The lowest BCUT2D eigenvalue weighted by atomic mass is 9.97. The van der Waals surface area contributed by atoms with Crippen molar-refractivity contribution in [3.05, 3.63) is 60.7 Å². The number of carboxylic acids is 1. The number of nitrogens with zero attached hydrogens (tertiary/aromatic N) is 2. The summed E-state index contributed by atoms with van der Waals surface area (Å²) in [7, 11) is 0. The van der Waals surface area contributed by atoms with Gasteiger partial charge in [0.15, 0.2) is 0 Å². The van der Waals surface area contributed by atoms with E-state index in [1.54, 1.807) is 18.6 Å². The molecule has 0 spiro atoms. The van der Waals surface area contributed by atoms with Gasteiger partial charge in [0.05, 0.1) is 5.56 Å². The monoisotopic (exact) mass is 250 g/mol. The van der Waals surface area contributed by atoms with Crippen molar-refractivity contribution in [2.45, 2.75) is 0 Å². The molecule has 19 heavy (non-hydrogen) atoms. The van der Waals surface area contributed by atoms with E-state index < -0.39 is 5.97 Å². The Morgan fingerprint density at radius 2 is 1.74 bits per heavy atom. The molecule has 0 radical (unpaired) electrons. The number of benzene rings is 1. The lowest BCUT2D eigenvalue weighted by Gasteiger charge is -2.08. The van der Waals surface area contributed by atoms with Gasteiger partial charge in [0.2, 0.25) is 0 Å². The Labute approximate surface area is 109 Å². The molecule has 0 saturated heterocycles. The van der Waals surface area contributed by atoms with E-state index in [-0.39, 0.29) is 5.56 Å². The van der Waals surface area contributed by atoms with Crippen LogP contribution in [0, 0.1) is 0 Å². The molecule has 0 saturated carbocycles. The van der Waals surface area contributed by atoms with Crippen LogP contribution in [0.15, 0.2) is 55.1 Å². The summed E-state index contributed by atoms with van der Waals surface area (Å²) in [6.07, 6.45) is 6.51. The van der Waals surface area contributed by atoms with Crippen molar-refractivity contribution >= 4 is 16.7 Å². The molecule has 3 aromatic rings. The minimum Gasteiger partial charge on any atom is -0.478 e. The van der Waals surface area contributed by atoms with Crippen molar-refractivity contribution in [3.63, 3.8) is 0 Å². The molecule has 4 heteroatoms. The number of aromatic carboxylic acids is 1. The predicted molar refractivity (Wildman–Crippen MR) is 71.9 cm³/mol. The van der Waals surface area contributed by atoms with E-state index in [4.69, 9.17) is 0 Å². The highest BCUT2D eigenvalue weighted by Crippen LogP contribution is 2.29. The van der Waals surface area contributed by atoms with Crippen molar-refractivity contribution in [2.24, 2.45) is 0 Å². The molecule has 0 fully saturated rings. The fourth-order valence-electron chi connectivity index (χ4n) is 2.14. The predicted octanol–water partition coefficient (Wildman–Crippen LogP) is 3.00. The zero-order chi connectivity index (χ0) is 13.2. The SMILES string of the molecule is O=C(O)c1ccncc1-c1cccc2ccncc12. The molecule has 0 aliphatic carbocycles. The third kappa shape index (κ3) is 1.93. The van der Waals surface area contributed by atoms with Gasteiger partial charge in [-0.15, -0.1) is 0 Å². The first-order valence-electron chi connectivity index (χ1n) is 5.78. The van der Waals surface area contributed by atoms with E-state index in [1.165, 1.54) is 12.3 Å². The summed E-state index contributed by atoms with van der Waals surface area (Å²) in [5.74, 6) is -0.960. The fraction of sp³-hybridized carbons (Fsp3) is 0. The topological polar surface area (TPSA) is 63.1 Å². The minimum atomic E-state index is -0.960. The van der Waals surface area contributed by atoms with Gasteiger partial charge < -0.3 is 5.11 Å². The summed E-state index contributed by atoms with van der Waals surface area (Å²) in [5, 5.41) is 11.2. The molecule has 0 bridgehead atoms. The summed E-state index contributed by atoms with van der Waals surface area (Å²) in [4.78, 5) is 19.4. The number of aromatic nitrogens is 2. The van der Waals surface area contributed by atoms with Crippen molar-refractivity contribution < 1.29 is 9.90 Å². The molecule has 0 amide bonds. The Balaban J connectivity index is 2.34. The van der Waals surface area contributed by atoms with Gasteiger partial charge in [-0.25, -0.2) is 4.79 Å². The van der Waals surface area contributed by atoms with E-state index in [0.717, 1.165) is 16.3 Å². The van der Waals surface area contributed by atoms with Gasteiger partial charge in [0.1, 0.15) is 0 Å². The molecule has 0 aliphatic rings. The fourth-order valence-corrected chi connectivity index (χ4v) is 2.14. The van der Waals surface area contributed by atoms with Crippen LogP contribution < -0.4 is 0 Å². The first kappa shape index (κ1) is 11.3. The molecule has 4 nitrogen and oxygen atoms in total. The van der Waals surface area contributed by atoms with Crippen LogP contribution in [0.4, 0.5) is 0 Å². The second kappa shape index (κ2) is 4.49. The largest absolute Gasteiger partial charge is 0.478 e. The van der Waals surface area contributed by atoms with Crippen molar-refractivity contribution in [3.8, 4) is 11.1 Å². The van der Waals surface area contributed by atoms with E-state index in [1.807, 2.05) is 24.3 Å². The Morgan fingerprint density at radius 3 is 2.58 bits per heavy atom. The second-order valence-electron chi connectivity index (χ2n) is 4.13. The lowest BCUT2D eigenvalue weighted by molar-refractivity contribution is 0.0697. The molecule has 0 unspecified atom stereocenters. The molecular weight excluding hydrogens is 240 g/mol. The van der Waals surface area contributed by atoms with Gasteiger partial charge >= 0.3 is 5.97 Å². The number of rotatable bonds is 2. The molecule has 92 valence electrons. The maximum Gasteiger partial charge on any atom is 0.336 e. The molecular formula is C15H10N2O2. The lowest BCUT2D eigenvalue weighted by Crippen LogP contribution is -2.00. The molecule has 0 atom stereocenters. The Morgan fingerprint density at radius 1 is 0.947 bits per heavy atom. The molecule has 1 N–H and O–H groups in total. The number of carbonyl (C=O) groups is 1. The number of fused-ring (bicyclic) bond motifs is 1. The van der Waals surface area contributed by atoms with Crippen LogP contribution in [0.3, 0.4) is 0 Å². The van der Waals surface area contributed by atoms with Crippen LogP contribution in [0.5, 0.6) is 0 Å². The molecule has 1 aromatic carbocycles. The number of carboxylic acid groups (broad SMARTS) is 1. The average molecular weight is 250 g/mol. The minimum absolute atomic E-state index is 0.242. The normalized spacial score (nSPS) is 10.5. The van der Waals surface area contributed by atoms with Gasteiger partial charge in [0, 0.05) is 35.7 Å². The van der Waals surface area contributed by atoms with Crippen LogP contribution in [0.1, 0.15) is 10.4 Å². The van der Waals surface area contributed by atoms with Gasteiger partial charge in [0.25, 0.3) is 0 Å². The average Bonchev–Trinajstić information content (AvgIpc) is 2.46. The van der Waals surface area contributed by atoms with Gasteiger partial charge in [-0.1, -0.05) is 18.2 Å². The third-order valence-corrected chi connectivity index (χ3v) is 3.03. The first-order valence-corrected chi connectivity index (χ1v) is 5.78. The van der Waals surface area contributed by atoms with E-state index in [2.05, 4.69) is 9.97 Å². The Bertz CT molecular complexity index is 763. The maximum absolute atomic E-state index is 11.3. The van der Waals surface area contributed by atoms with Crippen LogP contribution in [-0.4, -0.2) is 21.0 Å². The quantitative estimate of drug-likeness (QED) is 0.759. The van der Waals surface area contributed by atoms with Crippen LogP contribution in [-0.2, 0) is 0 Å². The van der Waals surface area contributed by atoms with Gasteiger partial charge in [-0.2, -0.15) is 0 Å². The zero-order valence-electron chi connectivity index (χ0n) is 9.95. The first-order chi connectivity index (χ1) is 9.27. The Hall–Kier alpha value is -2.75. The standard InChI is InChI=1S/C15H10N2O2/c18-15(19)12-5-7-17-9-14(12)11-3-1-2-10-4-6-16-8-13(10)11/h1-9H,(H,18,19).